The van der Waals surface area contributed by atoms with Crippen LogP contribution in [-0.2, 0) is 20.2 Å². The smallest absolute Gasteiger partial charge is 0.296 e. The predicted octanol–water partition coefficient (Wildman–Crippen LogP) is 3.01. The number of benzene rings is 3. The van der Waals surface area contributed by atoms with E-state index in [2.05, 4.69) is 10.2 Å². The first-order valence-electron chi connectivity index (χ1n) is 7.73. The summed E-state index contributed by atoms with van der Waals surface area (Å²) in [5, 5.41) is 27.3. The van der Waals surface area contributed by atoms with E-state index in [4.69, 9.17) is 17.3 Å². The summed E-state index contributed by atoms with van der Waals surface area (Å²) in [5.41, 5.74) is 4.53. The molecule has 0 bridgehead atoms. The van der Waals surface area contributed by atoms with Gasteiger partial charge in [-0.15, -0.1) is 10.2 Å². The molecular formula is C16H12ClN3NaO8S2. The van der Waals surface area contributed by atoms with Crippen molar-refractivity contribution in [2.75, 3.05) is 5.73 Å². The largest absolute Gasteiger partial charge is 0.506 e. The number of hydrogen-bond donors (Lipinski definition) is 5. The fourth-order valence-electron chi connectivity index (χ4n) is 2.61. The minimum absolute atomic E-state index is 0. The Balaban J connectivity index is 0.00000341. The van der Waals surface area contributed by atoms with E-state index in [1.54, 1.807) is 0 Å². The Labute approximate surface area is 203 Å². The van der Waals surface area contributed by atoms with Gasteiger partial charge in [-0.2, -0.15) is 16.8 Å². The summed E-state index contributed by atoms with van der Waals surface area (Å²) >= 11 is 5.80. The second-order valence-corrected chi connectivity index (χ2v) is 9.21. The van der Waals surface area contributed by atoms with E-state index in [0.717, 1.165) is 18.2 Å². The Hall–Kier alpha value is -1.97. The molecule has 0 unspecified atom stereocenters. The van der Waals surface area contributed by atoms with Crippen LogP contribution in [0.3, 0.4) is 0 Å². The molecule has 3 aromatic rings. The van der Waals surface area contributed by atoms with Crippen molar-refractivity contribution < 1.29 is 36.2 Å². The molecule has 11 nitrogen and oxygen atoms in total. The fourth-order valence-corrected chi connectivity index (χ4v) is 3.99. The normalized spacial score (nSPS) is 12.2. The minimum Gasteiger partial charge on any atom is -0.506 e. The molecule has 3 rings (SSSR count). The average molecular weight is 497 g/mol. The van der Waals surface area contributed by atoms with Crippen LogP contribution in [0.4, 0.5) is 17.1 Å². The van der Waals surface area contributed by atoms with Crippen molar-refractivity contribution in [2.24, 2.45) is 10.2 Å². The van der Waals surface area contributed by atoms with E-state index in [1.807, 2.05) is 0 Å². The second kappa shape index (κ2) is 8.88. The van der Waals surface area contributed by atoms with Crippen molar-refractivity contribution in [2.45, 2.75) is 9.79 Å². The number of fused-ring (bicyclic) bond motifs is 1. The van der Waals surface area contributed by atoms with Crippen LogP contribution in [0.1, 0.15) is 0 Å². The van der Waals surface area contributed by atoms with Crippen LogP contribution in [0.2, 0.25) is 5.02 Å². The molecule has 0 saturated carbocycles. The van der Waals surface area contributed by atoms with Crippen LogP contribution in [0.25, 0.3) is 10.8 Å². The Kier molecular flexibility index (Phi) is 7.24. The van der Waals surface area contributed by atoms with Crippen molar-refractivity contribution in [1.29, 1.82) is 0 Å². The van der Waals surface area contributed by atoms with Gasteiger partial charge < -0.3 is 15.9 Å². The number of rotatable bonds is 4. The zero-order chi connectivity index (χ0) is 22.4. The van der Waals surface area contributed by atoms with E-state index in [0.29, 0.717) is 0 Å². The Bertz CT molecular complexity index is 1440. The SMILES string of the molecule is Nc1cc(S(=O)(=O)O)cc2cc(S(=O)(=O)O)c(N=Nc3cc(Cl)ccc3O)c(O)c12.[Na]. The topological polar surface area (TPSA) is 200 Å². The third-order valence-corrected chi connectivity index (χ3v) is 5.86. The minimum atomic E-state index is -4.99. The zero-order valence-corrected chi connectivity index (χ0v) is 19.9. The molecule has 0 aliphatic carbocycles. The van der Waals surface area contributed by atoms with Crippen molar-refractivity contribution in [3.8, 4) is 11.5 Å². The molecule has 0 atom stereocenters. The summed E-state index contributed by atoms with van der Waals surface area (Å²) in [6.07, 6.45) is 0. The van der Waals surface area contributed by atoms with E-state index in [1.165, 1.54) is 18.2 Å². The van der Waals surface area contributed by atoms with Crippen molar-refractivity contribution >= 4 is 89.2 Å². The first kappa shape index (κ1) is 25.3. The monoisotopic (exact) mass is 496 g/mol. The molecule has 0 heterocycles. The molecule has 6 N–H and O–H groups in total. The van der Waals surface area contributed by atoms with Crippen LogP contribution < -0.4 is 5.73 Å². The third-order valence-electron chi connectivity index (χ3n) is 3.92. The van der Waals surface area contributed by atoms with Crippen LogP contribution in [0.5, 0.6) is 11.5 Å². The number of phenolic OH excluding ortho intramolecular Hbond substituents is 2. The summed E-state index contributed by atoms with van der Waals surface area (Å²) in [6.45, 7) is 0. The first-order valence-corrected chi connectivity index (χ1v) is 11.0. The maximum atomic E-state index is 11.8. The number of anilines is 1. The van der Waals surface area contributed by atoms with Gasteiger partial charge in [-0.25, -0.2) is 0 Å². The molecule has 159 valence electrons. The van der Waals surface area contributed by atoms with Gasteiger partial charge in [0.2, 0.25) is 0 Å². The molecule has 1 radical (unpaired) electrons. The summed E-state index contributed by atoms with van der Waals surface area (Å²) < 4.78 is 65.2. The van der Waals surface area contributed by atoms with Crippen molar-refractivity contribution in [1.82, 2.24) is 0 Å². The third kappa shape index (κ3) is 5.27. The number of aromatic hydroxyl groups is 2. The quantitative estimate of drug-likeness (QED) is 0.156. The molecule has 0 fully saturated rings. The van der Waals surface area contributed by atoms with E-state index < -0.39 is 41.5 Å². The summed E-state index contributed by atoms with van der Waals surface area (Å²) in [5.74, 6) is -1.20. The summed E-state index contributed by atoms with van der Waals surface area (Å²) in [4.78, 5) is -1.59. The van der Waals surface area contributed by atoms with E-state index in [9.17, 15) is 36.2 Å². The van der Waals surface area contributed by atoms with Crippen LogP contribution in [0.15, 0.2) is 56.4 Å². The predicted molar refractivity (Wildman–Crippen MR) is 113 cm³/mol. The van der Waals surface area contributed by atoms with Gasteiger partial charge >= 0.3 is 0 Å². The number of halogens is 1. The van der Waals surface area contributed by atoms with Gasteiger partial charge in [0.1, 0.15) is 22.0 Å². The van der Waals surface area contributed by atoms with Gasteiger partial charge in [-0.05, 0) is 41.8 Å². The molecule has 31 heavy (non-hydrogen) atoms. The van der Waals surface area contributed by atoms with Crippen LogP contribution in [0, 0.1) is 0 Å². The summed E-state index contributed by atoms with van der Waals surface area (Å²) in [7, 11) is -9.69. The van der Waals surface area contributed by atoms with Crippen molar-refractivity contribution in [3.05, 3.63) is 41.4 Å². The first-order chi connectivity index (χ1) is 13.8. The van der Waals surface area contributed by atoms with E-state index >= 15 is 0 Å². The maximum Gasteiger partial charge on any atom is 0.296 e. The molecule has 0 aliphatic rings. The van der Waals surface area contributed by atoms with Gasteiger partial charge in [0, 0.05) is 45.7 Å². The zero-order valence-electron chi connectivity index (χ0n) is 15.6. The van der Waals surface area contributed by atoms with E-state index in [-0.39, 0.29) is 62.5 Å². The van der Waals surface area contributed by atoms with Crippen LogP contribution in [-0.4, -0.2) is 65.7 Å². The number of nitrogens with two attached hydrogens (primary N) is 1. The Morgan fingerprint density at radius 2 is 1.55 bits per heavy atom. The second-order valence-electron chi connectivity index (χ2n) is 5.97. The molecule has 0 aromatic heterocycles. The standard InChI is InChI=1S/C16H12ClN3O8S2.Na/c17-8-1-2-12(21)11(5-8)19-20-15-13(30(26,27)28)4-7-3-9(29(23,24)25)6-10(18)14(7)16(15)22;/h1-6,21-22H,18H2,(H,23,24,25)(H,26,27,28);. The number of nitrogens with zero attached hydrogens (tertiary/aromatic N) is 2. The molecule has 15 heteroatoms. The Morgan fingerprint density at radius 3 is 2.13 bits per heavy atom. The van der Waals surface area contributed by atoms with Crippen LogP contribution >= 0.6 is 11.6 Å². The molecule has 0 amide bonds. The molecule has 0 spiro atoms. The molecule has 3 aromatic carbocycles. The number of phenols is 2. The van der Waals surface area contributed by atoms with Crippen molar-refractivity contribution in [3.63, 3.8) is 0 Å². The van der Waals surface area contributed by atoms with Gasteiger partial charge in [0.05, 0.1) is 4.90 Å². The van der Waals surface area contributed by atoms with Gasteiger partial charge in [-0.3, -0.25) is 9.11 Å². The molecule has 0 saturated heterocycles. The number of nitrogen functional groups attached to an aromatic ring is 1. The number of azo groups is 1. The summed E-state index contributed by atoms with van der Waals surface area (Å²) in [6, 6.07) is 6.25. The Morgan fingerprint density at radius 1 is 0.903 bits per heavy atom. The molecular weight excluding hydrogens is 485 g/mol. The number of hydrogen-bond acceptors (Lipinski definition) is 9. The molecule has 0 aliphatic heterocycles. The fraction of sp³-hybridized carbons (Fsp3) is 0. The van der Waals surface area contributed by atoms with Gasteiger partial charge in [0.15, 0.2) is 5.75 Å². The maximum absolute atomic E-state index is 11.8. The van der Waals surface area contributed by atoms with Gasteiger partial charge in [-0.1, -0.05) is 11.6 Å². The average Bonchev–Trinajstić information content (AvgIpc) is 2.61. The van der Waals surface area contributed by atoms with Gasteiger partial charge in [0.25, 0.3) is 20.2 Å².